The lowest BCUT2D eigenvalue weighted by atomic mass is 10.2. The quantitative estimate of drug-likeness (QED) is 0.873. The van der Waals surface area contributed by atoms with Gasteiger partial charge in [0.25, 0.3) is 0 Å². The highest BCUT2D eigenvalue weighted by Gasteiger charge is 2.21. The van der Waals surface area contributed by atoms with Crippen LogP contribution in [0.25, 0.3) is 5.69 Å². The molecule has 3 rings (SSSR count). The Labute approximate surface area is 145 Å². The van der Waals surface area contributed by atoms with Gasteiger partial charge in [0.05, 0.1) is 25.2 Å². The van der Waals surface area contributed by atoms with Gasteiger partial charge in [0, 0.05) is 24.6 Å². The molecule has 1 aromatic carbocycles. The molecule has 0 saturated carbocycles. The molecule has 126 valence electrons. The molecule has 1 aliphatic heterocycles. The van der Waals surface area contributed by atoms with Crippen LogP contribution < -0.4 is 10.6 Å². The van der Waals surface area contributed by atoms with Gasteiger partial charge in [-0.25, -0.2) is 9.37 Å². The number of morpholine rings is 1. The molecule has 1 fully saturated rings. The van der Waals surface area contributed by atoms with Gasteiger partial charge in [0.2, 0.25) is 5.91 Å². The van der Waals surface area contributed by atoms with Gasteiger partial charge in [0.1, 0.15) is 11.9 Å². The summed E-state index contributed by atoms with van der Waals surface area (Å²) in [5, 5.41) is 5.72. The summed E-state index contributed by atoms with van der Waals surface area (Å²) in [6.07, 6.45) is 4.74. The largest absolute Gasteiger partial charge is 0.378 e. The van der Waals surface area contributed by atoms with Crippen LogP contribution in [0.4, 0.5) is 10.1 Å². The first-order chi connectivity index (χ1) is 10.2. The van der Waals surface area contributed by atoms with Crippen molar-refractivity contribution in [1.29, 1.82) is 0 Å². The van der Waals surface area contributed by atoms with Crippen molar-refractivity contribution in [2.24, 2.45) is 0 Å². The molecule has 1 amide bonds. The number of carbonyl (C=O) groups excluding carboxylic acids is 1. The van der Waals surface area contributed by atoms with Gasteiger partial charge in [-0.05, 0) is 18.2 Å². The average molecular weight is 363 g/mol. The molecule has 23 heavy (non-hydrogen) atoms. The molecule has 0 bridgehead atoms. The molecule has 2 aromatic rings. The van der Waals surface area contributed by atoms with Crippen molar-refractivity contribution < 1.29 is 13.9 Å². The molecule has 1 unspecified atom stereocenters. The number of anilines is 1. The lowest BCUT2D eigenvalue weighted by molar-refractivity contribution is -0.120. The van der Waals surface area contributed by atoms with E-state index in [9.17, 15) is 9.18 Å². The van der Waals surface area contributed by atoms with Crippen LogP contribution in [0.2, 0.25) is 0 Å². The van der Waals surface area contributed by atoms with Crippen LogP contribution in [0, 0.1) is 5.82 Å². The highest BCUT2D eigenvalue weighted by molar-refractivity contribution is 5.95. The zero-order valence-electron chi connectivity index (χ0n) is 12.1. The molecule has 6 nitrogen and oxygen atoms in total. The van der Waals surface area contributed by atoms with Crippen LogP contribution in [-0.4, -0.2) is 41.3 Å². The van der Waals surface area contributed by atoms with Gasteiger partial charge in [0.15, 0.2) is 0 Å². The van der Waals surface area contributed by atoms with E-state index in [1.807, 2.05) is 0 Å². The number of halogens is 3. The maximum absolute atomic E-state index is 14.1. The predicted molar refractivity (Wildman–Crippen MR) is 89.3 cm³/mol. The lowest BCUT2D eigenvalue weighted by Crippen LogP contribution is -2.48. The van der Waals surface area contributed by atoms with Gasteiger partial charge < -0.3 is 19.9 Å². The summed E-state index contributed by atoms with van der Waals surface area (Å²) in [7, 11) is 0. The fourth-order valence-electron chi connectivity index (χ4n) is 2.16. The fraction of sp³-hybridized carbons (Fsp3) is 0.286. The molecule has 1 aliphatic rings. The summed E-state index contributed by atoms with van der Waals surface area (Å²) < 4.78 is 20.9. The van der Waals surface area contributed by atoms with Gasteiger partial charge in [-0.1, -0.05) is 0 Å². The van der Waals surface area contributed by atoms with Crippen molar-refractivity contribution in [1.82, 2.24) is 14.9 Å². The summed E-state index contributed by atoms with van der Waals surface area (Å²) in [6.45, 7) is 1.55. The van der Waals surface area contributed by atoms with Crippen molar-refractivity contribution in [2.45, 2.75) is 6.04 Å². The van der Waals surface area contributed by atoms with Gasteiger partial charge in [-0.3, -0.25) is 4.79 Å². The number of amides is 1. The predicted octanol–water partition coefficient (Wildman–Crippen LogP) is 1.78. The normalized spacial score (nSPS) is 16.8. The van der Waals surface area contributed by atoms with Gasteiger partial charge >= 0.3 is 0 Å². The standard InChI is InChI=1S/C14H15FN4O2.2ClH/c15-11-7-10(1-2-13(11)19-5-3-16-9-19)18-14(20)12-8-21-6-4-17-12;;/h1-3,5,7,9,12,17H,4,6,8H2,(H,18,20);2*1H. The maximum Gasteiger partial charge on any atom is 0.243 e. The van der Waals surface area contributed by atoms with Crippen molar-refractivity contribution in [2.75, 3.05) is 25.1 Å². The van der Waals surface area contributed by atoms with Crippen molar-refractivity contribution >= 4 is 36.4 Å². The SMILES string of the molecule is Cl.Cl.O=C(Nc1ccc(-n2ccnc2)c(F)c1)C1COCCN1. The minimum absolute atomic E-state index is 0. The average Bonchev–Trinajstić information content (AvgIpc) is 3.02. The van der Waals surface area contributed by atoms with E-state index < -0.39 is 11.9 Å². The first-order valence-electron chi connectivity index (χ1n) is 6.64. The topological polar surface area (TPSA) is 68.2 Å². The van der Waals surface area contributed by atoms with E-state index in [0.29, 0.717) is 31.1 Å². The lowest BCUT2D eigenvalue weighted by Gasteiger charge is -2.23. The third-order valence-corrected chi connectivity index (χ3v) is 3.24. The minimum atomic E-state index is -0.432. The highest BCUT2D eigenvalue weighted by Crippen LogP contribution is 2.18. The van der Waals surface area contributed by atoms with E-state index in [2.05, 4.69) is 15.6 Å². The van der Waals surface area contributed by atoms with Gasteiger partial charge in [-0.15, -0.1) is 24.8 Å². The molecule has 0 radical (unpaired) electrons. The third-order valence-electron chi connectivity index (χ3n) is 3.24. The van der Waals surface area contributed by atoms with Crippen LogP contribution >= 0.6 is 24.8 Å². The molecule has 0 spiro atoms. The van der Waals surface area contributed by atoms with E-state index in [1.54, 1.807) is 29.1 Å². The summed E-state index contributed by atoms with van der Waals surface area (Å²) in [6, 6.07) is 4.13. The number of ether oxygens (including phenoxy) is 1. The van der Waals surface area contributed by atoms with E-state index >= 15 is 0 Å². The van der Waals surface area contributed by atoms with Crippen molar-refractivity contribution in [3.63, 3.8) is 0 Å². The Morgan fingerprint density at radius 1 is 1.43 bits per heavy atom. The molecule has 1 saturated heterocycles. The van der Waals surface area contributed by atoms with E-state index in [0.717, 1.165) is 0 Å². The Bertz CT molecular complexity index is 634. The molecule has 9 heteroatoms. The van der Waals surface area contributed by atoms with Crippen LogP contribution in [0.1, 0.15) is 0 Å². The Morgan fingerprint density at radius 2 is 2.26 bits per heavy atom. The number of imidazole rings is 1. The second kappa shape index (κ2) is 8.83. The number of carbonyl (C=O) groups is 1. The smallest absolute Gasteiger partial charge is 0.243 e. The minimum Gasteiger partial charge on any atom is -0.378 e. The number of rotatable bonds is 3. The summed E-state index contributed by atoms with van der Waals surface area (Å²) in [5.74, 6) is -0.664. The van der Waals surface area contributed by atoms with Crippen LogP contribution in [0.15, 0.2) is 36.9 Å². The summed E-state index contributed by atoms with van der Waals surface area (Å²) in [4.78, 5) is 15.9. The van der Waals surface area contributed by atoms with Crippen LogP contribution in [-0.2, 0) is 9.53 Å². The molecule has 2 N–H and O–H groups in total. The van der Waals surface area contributed by atoms with Crippen LogP contribution in [0.3, 0.4) is 0 Å². The molecule has 2 heterocycles. The number of hydrogen-bond acceptors (Lipinski definition) is 4. The molecular weight excluding hydrogens is 346 g/mol. The Balaban J connectivity index is 0.00000132. The molecule has 0 aliphatic carbocycles. The first kappa shape index (κ1) is 19.4. The maximum atomic E-state index is 14.1. The van der Waals surface area contributed by atoms with Crippen molar-refractivity contribution in [3.05, 3.63) is 42.7 Å². The highest BCUT2D eigenvalue weighted by atomic mass is 35.5. The van der Waals surface area contributed by atoms with Gasteiger partial charge in [-0.2, -0.15) is 0 Å². The van der Waals surface area contributed by atoms with E-state index in [-0.39, 0.29) is 30.7 Å². The molecule has 1 aromatic heterocycles. The monoisotopic (exact) mass is 362 g/mol. The summed E-state index contributed by atoms with van der Waals surface area (Å²) >= 11 is 0. The Hall–Kier alpha value is -1.67. The number of nitrogens with one attached hydrogen (secondary N) is 2. The summed E-state index contributed by atoms with van der Waals surface area (Å²) in [5.41, 5.74) is 0.790. The second-order valence-electron chi connectivity index (χ2n) is 4.71. The Morgan fingerprint density at radius 3 is 2.87 bits per heavy atom. The Kier molecular flexibility index (Phi) is 7.44. The van der Waals surface area contributed by atoms with Crippen molar-refractivity contribution in [3.8, 4) is 5.69 Å². The van der Waals surface area contributed by atoms with E-state index in [1.165, 1.54) is 12.4 Å². The number of benzene rings is 1. The third kappa shape index (κ3) is 4.65. The van der Waals surface area contributed by atoms with E-state index in [4.69, 9.17) is 4.74 Å². The molecule has 1 atom stereocenters. The number of nitrogens with zero attached hydrogens (tertiary/aromatic N) is 2. The number of hydrogen-bond donors (Lipinski definition) is 2. The second-order valence-corrected chi connectivity index (χ2v) is 4.71. The fourth-order valence-corrected chi connectivity index (χ4v) is 2.16. The van der Waals surface area contributed by atoms with Crippen LogP contribution in [0.5, 0.6) is 0 Å². The number of aromatic nitrogens is 2. The first-order valence-corrected chi connectivity index (χ1v) is 6.64. The zero-order valence-corrected chi connectivity index (χ0v) is 13.7. The molecular formula is C14H17Cl2FN4O2. The zero-order chi connectivity index (χ0) is 14.7.